The van der Waals surface area contributed by atoms with E-state index in [1.165, 1.54) is 12.8 Å². The van der Waals surface area contributed by atoms with E-state index in [1.54, 1.807) is 0 Å². The van der Waals surface area contributed by atoms with Gasteiger partial charge in [-0.25, -0.2) is 0 Å². The maximum absolute atomic E-state index is 11.7. The van der Waals surface area contributed by atoms with Crippen LogP contribution in [0.15, 0.2) is 0 Å². The van der Waals surface area contributed by atoms with Crippen molar-refractivity contribution in [2.75, 3.05) is 0 Å². The highest BCUT2D eigenvalue weighted by molar-refractivity contribution is 5.78. The number of nitrogens with zero attached hydrogens (tertiary/aromatic N) is 1. The molecule has 0 aromatic carbocycles. The van der Waals surface area contributed by atoms with Gasteiger partial charge < -0.3 is 5.32 Å². The normalized spacial score (nSPS) is 33.4. The van der Waals surface area contributed by atoms with Crippen LogP contribution in [-0.4, -0.2) is 35.0 Å². The SMILES string of the molecule is CC(C)C(=O)NC1CC2CCC(C1)N2C(C)C. The third kappa shape index (κ3) is 2.65. The van der Waals surface area contributed by atoms with Gasteiger partial charge in [0, 0.05) is 30.1 Å². The predicted octanol–water partition coefficient (Wildman–Crippen LogP) is 2.16. The predicted molar refractivity (Wildman–Crippen MR) is 69.8 cm³/mol. The lowest BCUT2D eigenvalue weighted by atomic mass is 9.95. The molecule has 0 aromatic heterocycles. The first-order valence-corrected chi connectivity index (χ1v) is 7.06. The van der Waals surface area contributed by atoms with E-state index in [2.05, 4.69) is 24.1 Å². The van der Waals surface area contributed by atoms with Crippen LogP contribution in [0.1, 0.15) is 53.4 Å². The van der Waals surface area contributed by atoms with Gasteiger partial charge in [-0.1, -0.05) is 13.8 Å². The summed E-state index contributed by atoms with van der Waals surface area (Å²) in [5, 5.41) is 3.21. The second-order valence-electron chi connectivity index (χ2n) is 6.26. The number of rotatable bonds is 3. The summed E-state index contributed by atoms with van der Waals surface area (Å²) < 4.78 is 0. The van der Waals surface area contributed by atoms with Gasteiger partial charge in [0.15, 0.2) is 0 Å². The van der Waals surface area contributed by atoms with Gasteiger partial charge in [-0.3, -0.25) is 9.69 Å². The minimum absolute atomic E-state index is 0.107. The molecule has 2 rings (SSSR count). The zero-order valence-corrected chi connectivity index (χ0v) is 11.6. The first-order valence-electron chi connectivity index (χ1n) is 7.06. The number of hydrogen-bond acceptors (Lipinski definition) is 2. The Labute approximate surface area is 105 Å². The van der Waals surface area contributed by atoms with E-state index in [0.717, 1.165) is 12.8 Å². The highest BCUT2D eigenvalue weighted by atomic mass is 16.1. The number of carbonyl (C=O) groups excluding carboxylic acids is 1. The lowest BCUT2D eigenvalue weighted by molar-refractivity contribution is -0.125. The molecule has 2 atom stereocenters. The van der Waals surface area contributed by atoms with Gasteiger partial charge in [0.05, 0.1) is 0 Å². The van der Waals surface area contributed by atoms with Crippen LogP contribution in [0.3, 0.4) is 0 Å². The Morgan fingerprint density at radius 1 is 1.12 bits per heavy atom. The minimum atomic E-state index is 0.107. The van der Waals surface area contributed by atoms with Crippen molar-refractivity contribution in [3.63, 3.8) is 0 Å². The molecule has 2 unspecified atom stereocenters. The Kier molecular flexibility index (Phi) is 3.76. The Balaban J connectivity index is 1.93. The van der Waals surface area contributed by atoms with Crippen LogP contribution in [0.4, 0.5) is 0 Å². The smallest absolute Gasteiger partial charge is 0.222 e. The fourth-order valence-electron chi connectivity index (χ4n) is 3.54. The molecule has 3 heteroatoms. The zero-order valence-electron chi connectivity index (χ0n) is 11.6. The summed E-state index contributed by atoms with van der Waals surface area (Å²) >= 11 is 0. The van der Waals surface area contributed by atoms with Crippen molar-refractivity contribution in [3.05, 3.63) is 0 Å². The van der Waals surface area contributed by atoms with Gasteiger partial charge in [0.25, 0.3) is 0 Å². The Hall–Kier alpha value is -0.570. The van der Waals surface area contributed by atoms with E-state index in [4.69, 9.17) is 0 Å². The van der Waals surface area contributed by atoms with Gasteiger partial charge in [-0.15, -0.1) is 0 Å². The molecule has 0 aliphatic carbocycles. The third-order valence-electron chi connectivity index (χ3n) is 4.26. The molecule has 0 saturated carbocycles. The summed E-state index contributed by atoms with van der Waals surface area (Å²) in [7, 11) is 0. The van der Waals surface area contributed by atoms with Crippen molar-refractivity contribution in [3.8, 4) is 0 Å². The molecule has 1 amide bonds. The van der Waals surface area contributed by atoms with Crippen molar-refractivity contribution >= 4 is 5.91 Å². The molecular formula is C14H26N2O. The van der Waals surface area contributed by atoms with Crippen molar-refractivity contribution in [2.24, 2.45) is 5.92 Å². The quantitative estimate of drug-likeness (QED) is 0.817. The van der Waals surface area contributed by atoms with Crippen molar-refractivity contribution < 1.29 is 4.79 Å². The van der Waals surface area contributed by atoms with Crippen LogP contribution in [0.5, 0.6) is 0 Å². The van der Waals surface area contributed by atoms with Crippen LogP contribution < -0.4 is 5.32 Å². The van der Waals surface area contributed by atoms with Crippen LogP contribution in [0.25, 0.3) is 0 Å². The Morgan fingerprint density at radius 3 is 2.06 bits per heavy atom. The van der Waals surface area contributed by atoms with Gasteiger partial charge in [-0.05, 0) is 39.5 Å². The molecular weight excluding hydrogens is 212 g/mol. The van der Waals surface area contributed by atoms with E-state index in [0.29, 0.717) is 24.2 Å². The van der Waals surface area contributed by atoms with Crippen molar-refractivity contribution in [1.82, 2.24) is 10.2 Å². The third-order valence-corrected chi connectivity index (χ3v) is 4.26. The molecule has 2 aliphatic heterocycles. The van der Waals surface area contributed by atoms with Gasteiger partial charge in [-0.2, -0.15) is 0 Å². The van der Waals surface area contributed by atoms with Crippen molar-refractivity contribution in [1.29, 1.82) is 0 Å². The van der Waals surface area contributed by atoms with Crippen LogP contribution in [0.2, 0.25) is 0 Å². The van der Waals surface area contributed by atoms with E-state index < -0.39 is 0 Å². The molecule has 0 aromatic rings. The number of amides is 1. The molecule has 3 nitrogen and oxygen atoms in total. The number of piperidine rings is 1. The molecule has 2 heterocycles. The molecule has 0 spiro atoms. The monoisotopic (exact) mass is 238 g/mol. The molecule has 2 bridgehead atoms. The summed E-state index contributed by atoms with van der Waals surface area (Å²) in [5.74, 6) is 0.322. The average Bonchev–Trinajstić information content (AvgIpc) is 2.51. The lowest BCUT2D eigenvalue weighted by Crippen LogP contribution is -2.53. The molecule has 0 radical (unpaired) electrons. The van der Waals surface area contributed by atoms with Crippen molar-refractivity contribution in [2.45, 2.75) is 77.5 Å². The Morgan fingerprint density at radius 2 is 1.65 bits per heavy atom. The topological polar surface area (TPSA) is 32.3 Å². The summed E-state index contributed by atoms with van der Waals surface area (Å²) in [6.07, 6.45) is 4.92. The minimum Gasteiger partial charge on any atom is -0.353 e. The molecule has 2 saturated heterocycles. The van der Waals surface area contributed by atoms with Gasteiger partial charge in [0.1, 0.15) is 0 Å². The second kappa shape index (κ2) is 4.97. The maximum Gasteiger partial charge on any atom is 0.222 e. The van der Waals surface area contributed by atoms with E-state index in [-0.39, 0.29) is 11.8 Å². The van der Waals surface area contributed by atoms with Crippen LogP contribution >= 0.6 is 0 Å². The lowest BCUT2D eigenvalue weighted by Gasteiger charge is -2.41. The highest BCUT2D eigenvalue weighted by Crippen LogP contribution is 2.37. The molecule has 98 valence electrons. The summed E-state index contributed by atoms with van der Waals surface area (Å²) in [6, 6.07) is 2.46. The summed E-state index contributed by atoms with van der Waals surface area (Å²) in [4.78, 5) is 14.4. The van der Waals surface area contributed by atoms with Crippen LogP contribution in [0, 0.1) is 5.92 Å². The zero-order chi connectivity index (χ0) is 12.6. The standard InChI is InChI=1S/C14H26N2O/c1-9(2)14(17)15-11-7-12-5-6-13(8-11)16(12)10(3)4/h9-13H,5-8H2,1-4H3,(H,15,17). The van der Waals surface area contributed by atoms with Gasteiger partial charge in [0.2, 0.25) is 5.91 Å². The number of nitrogens with one attached hydrogen (secondary N) is 1. The number of carbonyl (C=O) groups is 1. The molecule has 1 N–H and O–H groups in total. The second-order valence-corrected chi connectivity index (χ2v) is 6.26. The molecule has 2 aliphatic rings. The summed E-state index contributed by atoms with van der Waals surface area (Å²) in [5.41, 5.74) is 0. The van der Waals surface area contributed by atoms with E-state index in [1.807, 2.05) is 13.8 Å². The molecule has 17 heavy (non-hydrogen) atoms. The largest absolute Gasteiger partial charge is 0.353 e. The van der Waals surface area contributed by atoms with Gasteiger partial charge >= 0.3 is 0 Å². The fourth-order valence-corrected chi connectivity index (χ4v) is 3.54. The highest BCUT2D eigenvalue weighted by Gasteiger charge is 2.42. The van der Waals surface area contributed by atoms with Crippen LogP contribution in [-0.2, 0) is 4.79 Å². The fraction of sp³-hybridized carbons (Fsp3) is 0.929. The van der Waals surface area contributed by atoms with E-state index in [9.17, 15) is 4.79 Å². The summed E-state index contributed by atoms with van der Waals surface area (Å²) in [6.45, 7) is 8.51. The first kappa shape index (κ1) is 12.9. The number of fused-ring (bicyclic) bond motifs is 2. The average molecular weight is 238 g/mol. The molecule has 2 fully saturated rings. The van der Waals surface area contributed by atoms with E-state index >= 15 is 0 Å². The maximum atomic E-state index is 11.7. The first-order chi connectivity index (χ1) is 7.99. The number of hydrogen-bond donors (Lipinski definition) is 1. The Bertz CT molecular complexity index is 274.